The Balaban J connectivity index is 1.48. The van der Waals surface area contributed by atoms with Crippen molar-refractivity contribution in [3.63, 3.8) is 0 Å². The van der Waals surface area contributed by atoms with Crippen LogP contribution in [0.15, 0.2) is 40.0 Å². The van der Waals surface area contributed by atoms with Crippen LogP contribution in [-0.2, 0) is 4.79 Å². The number of hydrogen-bond acceptors (Lipinski definition) is 6. The van der Waals surface area contributed by atoms with Gasteiger partial charge in [-0.15, -0.1) is 10.2 Å². The van der Waals surface area contributed by atoms with Gasteiger partial charge in [-0.3, -0.25) is 10.1 Å². The van der Waals surface area contributed by atoms with Crippen molar-refractivity contribution in [3.8, 4) is 11.5 Å². The Morgan fingerprint density at radius 3 is 2.73 bits per heavy atom. The summed E-state index contributed by atoms with van der Waals surface area (Å²) in [5.41, 5.74) is 0.815. The van der Waals surface area contributed by atoms with Crippen LogP contribution in [0.1, 0.15) is 12.8 Å². The van der Waals surface area contributed by atoms with Crippen LogP contribution < -0.4 is 10.6 Å². The van der Waals surface area contributed by atoms with Crippen LogP contribution in [0, 0.1) is 0 Å². The van der Waals surface area contributed by atoms with E-state index in [4.69, 9.17) is 4.42 Å². The van der Waals surface area contributed by atoms with Crippen molar-refractivity contribution in [2.24, 2.45) is 0 Å². The fourth-order valence-corrected chi connectivity index (χ4v) is 2.27. The quantitative estimate of drug-likeness (QED) is 0.816. The fraction of sp³-hybridized carbons (Fsp3) is 0.286. The maximum absolute atomic E-state index is 11.6. The molecule has 3 amide bonds. The molecule has 3 rings (SSSR count). The van der Waals surface area contributed by atoms with E-state index in [0.29, 0.717) is 5.89 Å². The van der Waals surface area contributed by atoms with Gasteiger partial charge >= 0.3 is 6.03 Å². The summed E-state index contributed by atoms with van der Waals surface area (Å²) < 4.78 is 5.46. The van der Waals surface area contributed by atoms with Crippen LogP contribution in [0.3, 0.4) is 0 Å². The second-order valence-corrected chi connectivity index (χ2v) is 5.75. The van der Waals surface area contributed by atoms with E-state index in [-0.39, 0.29) is 17.0 Å². The zero-order valence-corrected chi connectivity index (χ0v) is 12.4. The number of rotatable bonds is 5. The van der Waals surface area contributed by atoms with Crippen molar-refractivity contribution in [2.45, 2.75) is 24.1 Å². The van der Waals surface area contributed by atoms with Gasteiger partial charge in [-0.2, -0.15) is 0 Å². The molecule has 0 spiro atoms. The maximum atomic E-state index is 11.6. The molecule has 114 valence electrons. The van der Waals surface area contributed by atoms with E-state index >= 15 is 0 Å². The van der Waals surface area contributed by atoms with E-state index in [0.717, 1.165) is 30.2 Å². The van der Waals surface area contributed by atoms with Crippen molar-refractivity contribution in [1.29, 1.82) is 0 Å². The molecule has 1 saturated carbocycles. The number of aromatic nitrogens is 2. The van der Waals surface area contributed by atoms with Crippen LogP contribution in [0.5, 0.6) is 0 Å². The smallest absolute Gasteiger partial charge is 0.321 e. The predicted molar refractivity (Wildman–Crippen MR) is 80.2 cm³/mol. The van der Waals surface area contributed by atoms with Gasteiger partial charge in [0.2, 0.25) is 11.8 Å². The number of imide groups is 1. The van der Waals surface area contributed by atoms with Gasteiger partial charge in [0.25, 0.3) is 5.22 Å². The summed E-state index contributed by atoms with van der Waals surface area (Å²) in [6, 6.07) is 9.12. The summed E-state index contributed by atoms with van der Waals surface area (Å²) >= 11 is 1.09. The molecule has 0 aliphatic heterocycles. The fourth-order valence-electron chi connectivity index (χ4n) is 1.70. The third-order valence-corrected chi connectivity index (χ3v) is 3.74. The molecule has 1 aliphatic carbocycles. The Morgan fingerprint density at radius 1 is 1.23 bits per heavy atom. The monoisotopic (exact) mass is 318 g/mol. The van der Waals surface area contributed by atoms with Gasteiger partial charge in [-0.1, -0.05) is 30.0 Å². The van der Waals surface area contributed by atoms with Gasteiger partial charge in [0, 0.05) is 11.6 Å². The first kappa shape index (κ1) is 14.6. The van der Waals surface area contributed by atoms with Gasteiger partial charge in [0.15, 0.2) is 0 Å². The van der Waals surface area contributed by atoms with Crippen LogP contribution in [0.2, 0.25) is 0 Å². The number of amides is 3. The van der Waals surface area contributed by atoms with Crippen LogP contribution in [0.25, 0.3) is 11.5 Å². The minimum atomic E-state index is -0.455. The van der Waals surface area contributed by atoms with E-state index in [1.807, 2.05) is 30.3 Å². The predicted octanol–water partition coefficient (Wildman–Crippen LogP) is 1.82. The summed E-state index contributed by atoms with van der Waals surface area (Å²) in [5, 5.41) is 13.0. The Labute approximate surface area is 130 Å². The highest BCUT2D eigenvalue weighted by Gasteiger charge is 2.24. The molecular weight excluding hydrogens is 304 g/mol. The third kappa shape index (κ3) is 4.08. The lowest BCUT2D eigenvalue weighted by molar-refractivity contribution is -0.117. The van der Waals surface area contributed by atoms with Gasteiger partial charge < -0.3 is 9.73 Å². The average Bonchev–Trinajstić information content (AvgIpc) is 3.19. The lowest BCUT2D eigenvalue weighted by Crippen LogP contribution is -2.41. The minimum absolute atomic E-state index is 0.0362. The largest absolute Gasteiger partial charge is 0.411 e. The van der Waals surface area contributed by atoms with Crippen molar-refractivity contribution >= 4 is 23.7 Å². The average molecular weight is 318 g/mol. The first-order chi connectivity index (χ1) is 10.7. The summed E-state index contributed by atoms with van der Waals surface area (Å²) in [6.45, 7) is 0. The number of hydrogen-bond donors (Lipinski definition) is 2. The minimum Gasteiger partial charge on any atom is -0.411 e. The lowest BCUT2D eigenvalue weighted by Gasteiger charge is -2.03. The van der Waals surface area contributed by atoms with E-state index < -0.39 is 11.9 Å². The summed E-state index contributed by atoms with van der Waals surface area (Å²) in [7, 11) is 0. The van der Waals surface area contributed by atoms with Crippen LogP contribution in [-0.4, -0.2) is 33.9 Å². The van der Waals surface area contributed by atoms with Crippen molar-refractivity contribution in [1.82, 2.24) is 20.8 Å². The Morgan fingerprint density at radius 2 is 2.00 bits per heavy atom. The maximum Gasteiger partial charge on any atom is 0.321 e. The summed E-state index contributed by atoms with van der Waals surface area (Å²) in [5.74, 6) is 0.0340. The number of benzene rings is 1. The number of nitrogens with zero attached hydrogens (tertiary/aromatic N) is 2. The SMILES string of the molecule is O=C(CSc1nnc(-c2ccccc2)o1)NC(=O)NC1CC1. The highest BCUT2D eigenvalue weighted by Crippen LogP contribution is 2.22. The van der Waals surface area contributed by atoms with Gasteiger partial charge in [-0.25, -0.2) is 4.79 Å². The van der Waals surface area contributed by atoms with Crippen LogP contribution >= 0.6 is 11.8 Å². The Kier molecular flexibility index (Phi) is 4.38. The number of nitrogens with one attached hydrogen (secondary N) is 2. The van der Waals surface area contributed by atoms with Gasteiger partial charge in [0.05, 0.1) is 5.75 Å². The molecule has 8 heteroatoms. The summed E-state index contributed by atoms with van der Waals surface area (Å²) in [6.07, 6.45) is 1.95. The molecule has 0 bridgehead atoms. The molecule has 7 nitrogen and oxygen atoms in total. The molecule has 1 aliphatic rings. The molecule has 22 heavy (non-hydrogen) atoms. The molecule has 2 N–H and O–H groups in total. The number of urea groups is 1. The van der Waals surface area contributed by atoms with Crippen molar-refractivity contribution < 1.29 is 14.0 Å². The second kappa shape index (κ2) is 6.61. The highest BCUT2D eigenvalue weighted by molar-refractivity contribution is 7.99. The standard InChI is InChI=1S/C14H14N4O3S/c19-11(16-13(20)15-10-6-7-10)8-22-14-18-17-12(21-14)9-4-2-1-3-5-9/h1-5,10H,6-8H2,(H2,15,16,19,20). The lowest BCUT2D eigenvalue weighted by atomic mass is 10.2. The second-order valence-electron chi connectivity index (χ2n) is 4.82. The molecule has 0 radical (unpaired) electrons. The molecule has 1 aromatic heterocycles. The number of carbonyl (C=O) groups excluding carboxylic acids is 2. The van der Waals surface area contributed by atoms with Crippen LogP contribution in [0.4, 0.5) is 4.79 Å². The highest BCUT2D eigenvalue weighted by atomic mass is 32.2. The molecule has 1 aromatic carbocycles. The van der Waals surface area contributed by atoms with Crippen molar-refractivity contribution in [2.75, 3.05) is 5.75 Å². The van der Waals surface area contributed by atoms with E-state index in [1.165, 1.54) is 0 Å². The van der Waals surface area contributed by atoms with Gasteiger partial charge in [-0.05, 0) is 25.0 Å². The number of carbonyl (C=O) groups is 2. The van der Waals surface area contributed by atoms with E-state index in [1.54, 1.807) is 0 Å². The first-order valence-corrected chi connectivity index (χ1v) is 7.81. The first-order valence-electron chi connectivity index (χ1n) is 6.83. The zero-order valence-electron chi connectivity index (χ0n) is 11.6. The zero-order chi connectivity index (χ0) is 15.4. The molecule has 1 heterocycles. The van der Waals surface area contributed by atoms with Crippen molar-refractivity contribution in [3.05, 3.63) is 30.3 Å². The molecule has 0 atom stereocenters. The molecule has 1 fully saturated rings. The molecular formula is C14H14N4O3S. The molecule has 0 saturated heterocycles. The van der Waals surface area contributed by atoms with Gasteiger partial charge in [0.1, 0.15) is 0 Å². The topological polar surface area (TPSA) is 97.1 Å². The Hall–Kier alpha value is -2.35. The Bertz CT molecular complexity index is 670. The normalized spacial score (nSPS) is 13.6. The van der Waals surface area contributed by atoms with E-state index in [9.17, 15) is 9.59 Å². The molecule has 2 aromatic rings. The van der Waals surface area contributed by atoms with E-state index in [2.05, 4.69) is 20.8 Å². The third-order valence-electron chi connectivity index (χ3n) is 2.92. The molecule has 0 unspecified atom stereocenters. The number of thioether (sulfide) groups is 1. The summed E-state index contributed by atoms with van der Waals surface area (Å²) in [4.78, 5) is 23.0.